The third-order valence-electron chi connectivity index (χ3n) is 5.30. The summed E-state index contributed by atoms with van der Waals surface area (Å²) in [4.78, 5) is 11.3. The highest BCUT2D eigenvalue weighted by Gasteiger charge is 2.49. The predicted molar refractivity (Wildman–Crippen MR) is 110 cm³/mol. The molecule has 0 radical (unpaired) electrons. The number of hydrogen-bond donors (Lipinski definition) is 2. The highest BCUT2D eigenvalue weighted by Crippen LogP contribution is 2.44. The van der Waals surface area contributed by atoms with Crippen LogP contribution in [0.5, 0.6) is 5.75 Å². The van der Waals surface area contributed by atoms with Gasteiger partial charge in [-0.05, 0) is 32.4 Å². The third-order valence-corrected chi connectivity index (χ3v) is 7.24. The van der Waals surface area contributed by atoms with Gasteiger partial charge in [0.15, 0.2) is 10.7 Å². The van der Waals surface area contributed by atoms with Gasteiger partial charge in [0.25, 0.3) is 0 Å². The number of piperazine rings is 1. The lowest BCUT2D eigenvalue weighted by molar-refractivity contribution is -0.275. The van der Waals surface area contributed by atoms with Crippen LogP contribution in [0, 0.1) is 0 Å². The number of alkyl halides is 2. The number of halogens is 2. The van der Waals surface area contributed by atoms with Crippen molar-refractivity contribution in [2.24, 2.45) is 0 Å². The topological polar surface area (TPSA) is 70.5 Å². The molecule has 2 atom stereocenters. The molecule has 3 aliphatic heterocycles. The van der Waals surface area contributed by atoms with Crippen LogP contribution in [-0.2, 0) is 0 Å². The molecule has 29 heavy (non-hydrogen) atoms. The van der Waals surface area contributed by atoms with Crippen molar-refractivity contribution in [3.05, 3.63) is 23.7 Å². The minimum absolute atomic E-state index is 0.0106. The maximum atomic E-state index is 14.4. The van der Waals surface area contributed by atoms with E-state index in [2.05, 4.69) is 15.2 Å². The molecule has 0 aliphatic carbocycles. The predicted octanol–water partition coefficient (Wildman–Crippen LogP) is 3.71. The fourth-order valence-electron chi connectivity index (χ4n) is 3.65. The molecule has 10 heteroatoms. The van der Waals surface area contributed by atoms with Gasteiger partial charge in [0.1, 0.15) is 10.8 Å². The van der Waals surface area contributed by atoms with E-state index in [9.17, 15) is 13.9 Å². The van der Waals surface area contributed by atoms with E-state index in [1.165, 1.54) is 28.7 Å². The maximum Gasteiger partial charge on any atom is 0.426 e. The average Bonchev–Trinajstić information content (AvgIpc) is 3.30. The molecule has 2 N–H and O–H groups in total. The van der Waals surface area contributed by atoms with Crippen molar-refractivity contribution >= 4 is 38.0 Å². The molecule has 6 rings (SSSR count). The summed E-state index contributed by atoms with van der Waals surface area (Å²) >= 11 is 2.81. The average molecular weight is 439 g/mol. The molecule has 5 heterocycles. The molecule has 1 aromatic carbocycles. The van der Waals surface area contributed by atoms with Gasteiger partial charge in [-0.3, -0.25) is 0 Å². The van der Waals surface area contributed by atoms with Crippen LogP contribution in [0.2, 0.25) is 0 Å². The lowest BCUT2D eigenvalue weighted by atomic mass is 9.92. The van der Waals surface area contributed by atoms with E-state index in [1.54, 1.807) is 12.3 Å². The highest BCUT2D eigenvalue weighted by molar-refractivity contribution is 7.22. The molecular weight excluding hydrogens is 418 g/mol. The zero-order valence-corrected chi connectivity index (χ0v) is 17.5. The van der Waals surface area contributed by atoms with Crippen LogP contribution < -0.4 is 15.0 Å². The lowest BCUT2D eigenvalue weighted by Crippen LogP contribution is -2.67. The van der Waals surface area contributed by atoms with Crippen LogP contribution in [0.15, 0.2) is 23.7 Å². The second kappa shape index (κ2) is 6.56. The van der Waals surface area contributed by atoms with E-state index in [0.29, 0.717) is 22.3 Å². The molecule has 3 aliphatic rings. The normalized spacial score (nSPS) is 22.0. The summed E-state index contributed by atoms with van der Waals surface area (Å²) in [6, 6.07) is 4.12. The van der Waals surface area contributed by atoms with Crippen LogP contribution in [0.1, 0.15) is 20.3 Å². The largest absolute Gasteiger partial charge is 0.429 e. The van der Waals surface area contributed by atoms with Gasteiger partial charge in [-0.2, -0.15) is 8.78 Å². The Morgan fingerprint density at radius 2 is 2.00 bits per heavy atom. The number of benzene rings is 1. The first-order chi connectivity index (χ1) is 13.7. The van der Waals surface area contributed by atoms with Gasteiger partial charge in [-0.25, -0.2) is 9.97 Å². The number of anilines is 1. The fourth-order valence-corrected chi connectivity index (χ4v) is 5.37. The zero-order valence-electron chi connectivity index (χ0n) is 15.9. The number of rotatable bonds is 5. The van der Waals surface area contributed by atoms with Crippen LogP contribution in [-0.4, -0.2) is 52.0 Å². The maximum absolute atomic E-state index is 14.4. The standard InChI is InChI=1S/C19H20F2N4O2S2/c1-18(2,26)19(20,21)27-13-4-3-12(16-22-5-6-28-16)14-15(13)29-17(24-14)25-8-10-7-11(9-25)23-10/h3-6,10-11,23,26H,7-9H2,1-2H3. The Balaban J connectivity index is 1.60. The van der Waals surface area contributed by atoms with Crippen molar-refractivity contribution in [1.82, 2.24) is 15.3 Å². The Labute approximate surface area is 174 Å². The third kappa shape index (κ3) is 3.27. The van der Waals surface area contributed by atoms with E-state index in [4.69, 9.17) is 9.72 Å². The summed E-state index contributed by atoms with van der Waals surface area (Å²) in [5, 5.41) is 16.7. The summed E-state index contributed by atoms with van der Waals surface area (Å²) in [5.41, 5.74) is -0.936. The molecule has 0 amide bonds. The Kier molecular flexibility index (Phi) is 4.32. The second-order valence-corrected chi connectivity index (χ2v) is 9.87. The van der Waals surface area contributed by atoms with E-state index >= 15 is 0 Å². The number of ether oxygens (including phenoxy) is 1. The van der Waals surface area contributed by atoms with Crippen molar-refractivity contribution in [2.45, 2.75) is 44.1 Å². The molecule has 2 bridgehead atoms. The number of fused-ring (bicyclic) bond motifs is 3. The van der Waals surface area contributed by atoms with Crippen LogP contribution in [0.25, 0.3) is 20.8 Å². The van der Waals surface area contributed by atoms with Crippen molar-refractivity contribution in [3.8, 4) is 16.3 Å². The summed E-state index contributed by atoms with van der Waals surface area (Å²) in [6.07, 6.45) is -0.878. The van der Waals surface area contributed by atoms with Gasteiger partial charge in [0, 0.05) is 42.3 Å². The minimum atomic E-state index is -3.75. The number of thiazole rings is 2. The SMILES string of the molecule is CC(C)(O)C(F)(F)Oc1ccc(-c2nccs2)c2nc(N3CC4CC(C3)N4)sc12. The smallest absolute Gasteiger partial charge is 0.426 e. The number of nitrogens with one attached hydrogen (secondary N) is 1. The van der Waals surface area contributed by atoms with Gasteiger partial charge in [0.2, 0.25) is 0 Å². The molecule has 3 fully saturated rings. The first kappa shape index (κ1) is 19.1. The van der Waals surface area contributed by atoms with Crippen molar-refractivity contribution in [1.29, 1.82) is 0 Å². The molecule has 154 valence electrons. The molecule has 0 spiro atoms. The van der Waals surface area contributed by atoms with Crippen molar-refractivity contribution < 1.29 is 18.6 Å². The first-order valence-electron chi connectivity index (χ1n) is 9.35. The van der Waals surface area contributed by atoms with E-state index < -0.39 is 11.7 Å². The van der Waals surface area contributed by atoms with Crippen LogP contribution >= 0.6 is 22.7 Å². The second-order valence-electron chi connectivity index (χ2n) is 8.00. The van der Waals surface area contributed by atoms with Crippen molar-refractivity contribution in [2.75, 3.05) is 18.0 Å². The van der Waals surface area contributed by atoms with E-state index in [-0.39, 0.29) is 5.75 Å². The quantitative estimate of drug-likeness (QED) is 0.633. The highest BCUT2D eigenvalue weighted by atomic mass is 32.1. The van der Waals surface area contributed by atoms with E-state index in [1.807, 2.05) is 5.38 Å². The lowest BCUT2D eigenvalue weighted by Gasteiger charge is -2.48. The van der Waals surface area contributed by atoms with Gasteiger partial charge in [0.05, 0.1) is 10.2 Å². The minimum Gasteiger partial charge on any atom is -0.429 e. The van der Waals surface area contributed by atoms with Crippen LogP contribution in [0.4, 0.5) is 13.9 Å². The summed E-state index contributed by atoms with van der Waals surface area (Å²) in [7, 11) is 0. The number of nitrogens with zero attached hydrogens (tertiary/aromatic N) is 3. The van der Waals surface area contributed by atoms with Gasteiger partial charge in [-0.15, -0.1) is 11.3 Å². The first-order valence-corrected chi connectivity index (χ1v) is 11.0. The molecular formula is C19H20F2N4O2S2. The molecule has 2 aromatic heterocycles. The van der Waals surface area contributed by atoms with Crippen molar-refractivity contribution in [3.63, 3.8) is 0 Å². The number of hydrogen-bond acceptors (Lipinski definition) is 8. The number of aliphatic hydroxyl groups is 1. The molecule has 0 saturated carbocycles. The summed E-state index contributed by atoms with van der Waals surface area (Å²) in [6.45, 7) is 3.75. The fraction of sp³-hybridized carbons (Fsp3) is 0.474. The van der Waals surface area contributed by atoms with Gasteiger partial charge >= 0.3 is 6.11 Å². The van der Waals surface area contributed by atoms with E-state index in [0.717, 1.165) is 49.1 Å². The van der Waals surface area contributed by atoms with Gasteiger partial charge < -0.3 is 20.1 Å². The Hall–Kier alpha value is -1.88. The van der Waals surface area contributed by atoms with Crippen LogP contribution in [0.3, 0.4) is 0 Å². The molecule has 3 saturated heterocycles. The molecule has 6 nitrogen and oxygen atoms in total. The Morgan fingerprint density at radius 1 is 1.28 bits per heavy atom. The Bertz CT molecular complexity index is 1030. The molecule has 2 unspecified atom stereocenters. The zero-order chi connectivity index (χ0) is 20.4. The van der Waals surface area contributed by atoms with Gasteiger partial charge in [-0.1, -0.05) is 11.3 Å². The molecule has 3 aromatic rings. The number of piperidine rings is 1. The monoisotopic (exact) mass is 438 g/mol. The number of aromatic nitrogens is 2. The Morgan fingerprint density at radius 3 is 2.62 bits per heavy atom. The summed E-state index contributed by atoms with van der Waals surface area (Å²) < 4.78 is 34.4. The summed E-state index contributed by atoms with van der Waals surface area (Å²) in [5.74, 6) is 0.0106.